The molecular formula is C16H31N3O3. The van der Waals surface area contributed by atoms with E-state index in [0.29, 0.717) is 12.3 Å². The molecule has 0 amide bonds. The first kappa shape index (κ1) is 20.6. The molecule has 128 valence electrons. The van der Waals surface area contributed by atoms with Gasteiger partial charge in [-0.2, -0.15) is 5.10 Å². The summed E-state index contributed by atoms with van der Waals surface area (Å²) >= 11 is 0. The molecule has 0 saturated heterocycles. The van der Waals surface area contributed by atoms with Crippen LogP contribution in [0, 0.1) is 5.92 Å². The summed E-state index contributed by atoms with van der Waals surface area (Å²) in [5, 5.41) is 18.5. The van der Waals surface area contributed by atoms with Gasteiger partial charge in [0.1, 0.15) is 11.8 Å². The Morgan fingerprint density at radius 2 is 1.82 bits per heavy atom. The van der Waals surface area contributed by atoms with Gasteiger partial charge in [0, 0.05) is 25.7 Å². The fourth-order valence-corrected chi connectivity index (χ4v) is 2.28. The molecule has 0 aliphatic rings. The molecule has 0 bridgehead atoms. The van der Waals surface area contributed by atoms with Crippen molar-refractivity contribution < 1.29 is 14.7 Å². The van der Waals surface area contributed by atoms with Gasteiger partial charge in [-0.3, -0.25) is 14.9 Å². The number of carboxylic acids is 1. The van der Waals surface area contributed by atoms with Gasteiger partial charge in [0.15, 0.2) is 0 Å². The van der Waals surface area contributed by atoms with Crippen LogP contribution in [-0.2, 0) is 9.59 Å². The molecule has 22 heavy (non-hydrogen) atoms. The number of rotatable bonds is 11. The molecule has 0 radical (unpaired) electrons. The third-order valence-electron chi connectivity index (χ3n) is 3.29. The third-order valence-corrected chi connectivity index (χ3v) is 3.29. The molecule has 0 heterocycles. The second kappa shape index (κ2) is 10.3. The Bertz CT molecular complexity index is 394. The van der Waals surface area contributed by atoms with Crippen LogP contribution in [0.1, 0.15) is 53.9 Å². The van der Waals surface area contributed by atoms with Crippen molar-refractivity contribution in [3.63, 3.8) is 0 Å². The minimum absolute atomic E-state index is 0.0300. The highest BCUT2D eigenvalue weighted by atomic mass is 16.4. The largest absolute Gasteiger partial charge is 0.480 e. The molecule has 0 spiro atoms. The number of nitrogens with zero attached hydrogens (tertiary/aromatic N) is 2. The van der Waals surface area contributed by atoms with Crippen LogP contribution in [0.3, 0.4) is 0 Å². The zero-order chi connectivity index (χ0) is 17.3. The predicted octanol–water partition coefficient (Wildman–Crippen LogP) is 2.14. The van der Waals surface area contributed by atoms with E-state index in [9.17, 15) is 14.7 Å². The van der Waals surface area contributed by atoms with Crippen molar-refractivity contribution in [3.05, 3.63) is 0 Å². The minimum Gasteiger partial charge on any atom is -0.480 e. The van der Waals surface area contributed by atoms with Gasteiger partial charge in [-0.25, -0.2) is 0 Å². The van der Waals surface area contributed by atoms with Crippen LogP contribution in [-0.4, -0.2) is 53.3 Å². The number of hydrazone groups is 1. The molecule has 2 atom stereocenters. The van der Waals surface area contributed by atoms with E-state index in [2.05, 4.69) is 17.3 Å². The summed E-state index contributed by atoms with van der Waals surface area (Å²) in [6, 6.07) is -1.23. The Morgan fingerprint density at radius 1 is 1.23 bits per heavy atom. The highest BCUT2D eigenvalue weighted by Gasteiger charge is 2.25. The van der Waals surface area contributed by atoms with Gasteiger partial charge in [0.2, 0.25) is 0 Å². The normalized spacial score (nSPS) is 14.8. The maximum Gasteiger partial charge on any atom is 0.321 e. The Kier molecular flexibility index (Phi) is 9.65. The highest BCUT2D eigenvalue weighted by molar-refractivity contribution is 5.88. The second-order valence-corrected chi connectivity index (χ2v) is 6.27. The van der Waals surface area contributed by atoms with E-state index in [1.54, 1.807) is 0 Å². The monoisotopic (exact) mass is 313 g/mol. The summed E-state index contributed by atoms with van der Waals surface area (Å²) in [7, 11) is 1.87. The van der Waals surface area contributed by atoms with Crippen molar-refractivity contribution >= 4 is 17.5 Å². The van der Waals surface area contributed by atoms with Crippen LogP contribution < -0.4 is 5.32 Å². The smallest absolute Gasteiger partial charge is 0.321 e. The van der Waals surface area contributed by atoms with Gasteiger partial charge in [-0.05, 0) is 32.6 Å². The molecule has 0 rings (SSSR count). The lowest BCUT2D eigenvalue weighted by atomic mass is 9.99. The lowest BCUT2D eigenvalue weighted by molar-refractivity contribution is -0.139. The van der Waals surface area contributed by atoms with Crippen LogP contribution in [0.5, 0.6) is 0 Å². The molecule has 0 saturated carbocycles. The molecule has 0 fully saturated rings. The number of aliphatic carboxylic acids is 1. The van der Waals surface area contributed by atoms with Crippen molar-refractivity contribution in [2.24, 2.45) is 11.0 Å². The molecule has 2 N–H and O–H groups in total. The first-order valence-corrected chi connectivity index (χ1v) is 7.91. The van der Waals surface area contributed by atoms with E-state index in [0.717, 1.165) is 18.7 Å². The van der Waals surface area contributed by atoms with Gasteiger partial charge < -0.3 is 10.1 Å². The fourth-order valence-electron chi connectivity index (χ4n) is 2.28. The SMILES string of the molecule is CCCN(C)/N=C(\C)CC(NC(CC(C)C)C(C)=O)C(=O)O. The maximum absolute atomic E-state index is 11.7. The Hall–Kier alpha value is -1.43. The van der Waals surface area contributed by atoms with Crippen molar-refractivity contribution in [2.45, 2.75) is 66.0 Å². The molecule has 0 aromatic rings. The zero-order valence-corrected chi connectivity index (χ0v) is 14.7. The van der Waals surface area contributed by atoms with E-state index < -0.39 is 18.1 Å². The first-order valence-electron chi connectivity index (χ1n) is 7.91. The van der Waals surface area contributed by atoms with E-state index in [1.807, 2.05) is 32.8 Å². The number of carbonyl (C=O) groups excluding carboxylic acids is 1. The number of hydrogen-bond donors (Lipinski definition) is 2. The topological polar surface area (TPSA) is 82.0 Å². The molecule has 6 nitrogen and oxygen atoms in total. The Balaban J connectivity index is 4.85. The summed E-state index contributed by atoms with van der Waals surface area (Å²) in [5.74, 6) is -0.665. The van der Waals surface area contributed by atoms with Gasteiger partial charge in [-0.1, -0.05) is 20.8 Å². The van der Waals surface area contributed by atoms with Crippen molar-refractivity contribution in [1.82, 2.24) is 10.3 Å². The summed E-state index contributed by atoms with van der Waals surface area (Å²) in [4.78, 5) is 23.1. The second-order valence-electron chi connectivity index (χ2n) is 6.27. The Morgan fingerprint density at radius 3 is 2.23 bits per heavy atom. The van der Waals surface area contributed by atoms with Crippen LogP contribution in [0.2, 0.25) is 0 Å². The average molecular weight is 313 g/mol. The summed E-state index contributed by atoms with van der Waals surface area (Å²) < 4.78 is 0. The summed E-state index contributed by atoms with van der Waals surface area (Å²) in [6.45, 7) is 10.2. The molecule has 0 aliphatic carbocycles. The van der Waals surface area contributed by atoms with Crippen LogP contribution >= 0.6 is 0 Å². The summed E-state index contributed by atoms with van der Waals surface area (Å²) in [5.41, 5.74) is 0.739. The maximum atomic E-state index is 11.7. The first-order chi connectivity index (χ1) is 10.2. The Labute approximate surface area is 134 Å². The predicted molar refractivity (Wildman–Crippen MR) is 89.1 cm³/mol. The van der Waals surface area contributed by atoms with Crippen LogP contribution in [0.4, 0.5) is 0 Å². The number of hydrogen-bond acceptors (Lipinski definition) is 5. The third kappa shape index (κ3) is 8.77. The van der Waals surface area contributed by atoms with Gasteiger partial charge in [0.05, 0.1) is 6.04 Å². The lowest BCUT2D eigenvalue weighted by Crippen LogP contribution is -2.48. The van der Waals surface area contributed by atoms with E-state index in [-0.39, 0.29) is 12.2 Å². The van der Waals surface area contributed by atoms with Gasteiger partial charge >= 0.3 is 5.97 Å². The number of ketones is 1. The van der Waals surface area contributed by atoms with E-state index in [4.69, 9.17) is 0 Å². The van der Waals surface area contributed by atoms with Gasteiger partial charge in [0.25, 0.3) is 0 Å². The molecule has 0 aliphatic heterocycles. The molecule has 0 aromatic heterocycles. The average Bonchev–Trinajstić information content (AvgIpc) is 2.35. The van der Waals surface area contributed by atoms with Crippen molar-refractivity contribution in [2.75, 3.05) is 13.6 Å². The number of nitrogens with one attached hydrogen (secondary N) is 1. The lowest BCUT2D eigenvalue weighted by Gasteiger charge is -2.23. The number of Topliss-reactive ketones (excluding diaryl/α,β-unsaturated/α-hetero) is 1. The van der Waals surface area contributed by atoms with E-state index in [1.165, 1.54) is 6.92 Å². The van der Waals surface area contributed by atoms with Gasteiger partial charge in [-0.15, -0.1) is 0 Å². The van der Waals surface area contributed by atoms with Crippen molar-refractivity contribution in [1.29, 1.82) is 0 Å². The van der Waals surface area contributed by atoms with Crippen LogP contribution in [0.15, 0.2) is 5.10 Å². The molecule has 6 heteroatoms. The van der Waals surface area contributed by atoms with E-state index >= 15 is 0 Å². The molecular weight excluding hydrogens is 282 g/mol. The molecule has 0 aromatic carbocycles. The fraction of sp³-hybridized carbons (Fsp3) is 0.812. The number of carboxylic acid groups (broad SMARTS) is 1. The minimum atomic E-state index is -0.956. The van der Waals surface area contributed by atoms with Crippen LogP contribution in [0.25, 0.3) is 0 Å². The zero-order valence-electron chi connectivity index (χ0n) is 14.7. The standard InChI is InChI=1S/C16H31N3O3/c1-7-8-19(6)18-12(4)10-15(16(21)22)17-14(13(5)20)9-11(2)3/h11,14-15,17H,7-10H2,1-6H3,(H,21,22)/b18-12+. The highest BCUT2D eigenvalue weighted by Crippen LogP contribution is 2.08. The number of carbonyl (C=O) groups is 2. The quantitative estimate of drug-likeness (QED) is 0.451. The molecule has 2 unspecified atom stereocenters. The summed E-state index contributed by atoms with van der Waals surface area (Å²) in [6.07, 6.45) is 1.89. The van der Waals surface area contributed by atoms with Crippen molar-refractivity contribution in [3.8, 4) is 0 Å².